The Morgan fingerprint density at radius 2 is 0.961 bits per heavy atom. The topological polar surface area (TPSA) is 130 Å². The van der Waals surface area contributed by atoms with Crippen molar-refractivity contribution in [2.45, 2.75) is 130 Å². The van der Waals surface area contributed by atoms with Crippen LogP contribution in [0.1, 0.15) is 133 Å². The molecule has 4 heterocycles. The van der Waals surface area contributed by atoms with Gasteiger partial charge >= 0.3 is 11.9 Å². The van der Waals surface area contributed by atoms with Crippen LogP contribution in [0.25, 0.3) is 34.4 Å². The lowest BCUT2D eigenvalue weighted by atomic mass is 9.69. The number of aliphatic hydroxyl groups excluding tert-OH is 2. The van der Waals surface area contributed by atoms with E-state index in [1.54, 1.807) is 18.6 Å². The van der Waals surface area contributed by atoms with Gasteiger partial charge in [-0.05, 0) is 168 Å². The number of aryl methyl sites for hydroxylation is 4. The standard InChI is InChI=1S/C34H41NO3S.C33H39NO3S/c1-6-34(7-2,29-11-10-26(23(3)16-29)8-9-27-22-39-15-14-32(27)36)30-12-13-31(24(4)17-30)28-18-25(20-35-21-28)19-33(37)38-5;1-5-33(6-2,28-10-9-25(22(3)15-28)7-8-26-21-38-14-13-31(26)35)29-11-12-30(23(4)16-29)27-17-24(18-32(36)37)19-34-20-27/h8-13,16-18,20-21,27,32,36H,6-7,14-15,19,22H2,1-5H3;7-12,15-17,19-20,26,31,35H,5-6,13-14,18,21H2,1-4H3,(H,36,37)/b9-8+;8-7+. The van der Waals surface area contributed by atoms with E-state index in [9.17, 15) is 19.8 Å². The highest BCUT2D eigenvalue weighted by atomic mass is 32.2. The van der Waals surface area contributed by atoms with Crippen molar-refractivity contribution in [1.29, 1.82) is 0 Å². The van der Waals surface area contributed by atoms with Crippen molar-refractivity contribution in [2.75, 3.05) is 30.1 Å². The fraction of sp³-hybridized carbons (Fsp3) is 0.403. The van der Waals surface area contributed by atoms with Gasteiger partial charge < -0.3 is 20.1 Å². The third kappa shape index (κ3) is 14.1. The number of pyridine rings is 2. The van der Waals surface area contributed by atoms with Crippen LogP contribution in [0.5, 0.6) is 0 Å². The molecule has 0 spiro atoms. The van der Waals surface area contributed by atoms with Gasteiger partial charge in [0.05, 0.1) is 32.2 Å². The summed E-state index contributed by atoms with van der Waals surface area (Å²) < 4.78 is 4.82. The maximum absolute atomic E-state index is 11.8. The Balaban J connectivity index is 0.000000224. The summed E-state index contributed by atoms with van der Waals surface area (Å²) in [5, 5.41) is 29.8. The van der Waals surface area contributed by atoms with E-state index >= 15 is 0 Å². The number of hydrogen-bond donors (Lipinski definition) is 3. The van der Waals surface area contributed by atoms with Crippen LogP contribution >= 0.6 is 23.5 Å². The monoisotopic (exact) mass is 1070 g/mol. The molecule has 0 aliphatic carbocycles. The van der Waals surface area contributed by atoms with Crippen LogP contribution < -0.4 is 0 Å². The normalized spacial score (nSPS) is 18.0. The van der Waals surface area contributed by atoms with Crippen molar-refractivity contribution < 1.29 is 29.6 Å². The van der Waals surface area contributed by atoms with Crippen molar-refractivity contribution in [3.8, 4) is 22.3 Å². The molecule has 2 aliphatic heterocycles. The van der Waals surface area contributed by atoms with Crippen molar-refractivity contribution in [3.05, 3.63) is 189 Å². The third-order valence-corrected chi connectivity index (χ3v) is 18.8. The smallest absolute Gasteiger partial charge is 0.310 e. The molecule has 10 heteroatoms. The molecule has 8 rings (SSSR count). The number of ether oxygens (including phenoxy) is 1. The molecule has 2 fully saturated rings. The Labute approximate surface area is 467 Å². The number of nitrogens with zero attached hydrogens (tertiary/aromatic N) is 2. The molecule has 77 heavy (non-hydrogen) atoms. The number of thioether (sulfide) groups is 2. The molecule has 406 valence electrons. The highest BCUT2D eigenvalue weighted by Crippen LogP contribution is 2.43. The molecule has 2 aliphatic rings. The van der Waals surface area contributed by atoms with Crippen LogP contribution in [-0.4, -0.2) is 79.6 Å². The first-order valence-electron chi connectivity index (χ1n) is 27.6. The van der Waals surface area contributed by atoms with Gasteiger partial charge in [0.25, 0.3) is 0 Å². The SMILES string of the molecule is CCC(CC)(c1ccc(/C=C/C2CSCCC2O)c(C)c1)c1ccc(-c2cncc(CC(=O)O)c2)c(C)c1.CCC(CC)(c1ccc(/C=C/C2CSCCC2O)c(C)c1)c1ccc(-c2cncc(CC(=O)OC)c2)c(C)c1. The first-order valence-corrected chi connectivity index (χ1v) is 29.9. The molecule has 2 saturated heterocycles. The van der Waals surface area contributed by atoms with Crippen molar-refractivity contribution in [3.63, 3.8) is 0 Å². The van der Waals surface area contributed by atoms with Crippen molar-refractivity contribution in [2.24, 2.45) is 11.8 Å². The lowest BCUT2D eigenvalue weighted by molar-refractivity contribution is -0.140. The Kier molecular flexibility index (Phi) is 20.8. The van der Waals surface area contributed by atoms with E-state index in [0.717, 1.165) is 94.9 Å². The number of methoxy groups -OCH3 is 1. The van der Waals surface area contributed by atoms with E-state index in [-0.39, 0.29) is 53.7 Å². The average Bonchev–Trinajstić information content (AvgIpc) is 3.42. The van der Waals surface area contributed by atoms with E-state index in [4.69, 9.17) is 9.84 Å². The number of esters is 1. The Morgan fingerprint density at radius 1 is 0.571 bits per heavy atom. The van der Waals surface area contributed by atoms with E-state index in [2.05, 4.69) is 162 Å². The number of carboxylic acid groups (broad SMARTS) is 1. The maximum Gasteiger partial charge on any atom is 0.310 e. The fourth-order valence-corrected chi connectivity index (χ4v) is 13.9. The number of carboxylic acids is 1. The predicted octanol–water partition coefficient (Wildman–Crippen LogP) is 14.5. The summed E-state index contributed by atoms with van der Waals surface area (Å²) >= 11 is 3.85. The van der Waals surface area contributed by atoms with Crippen LogP contribution in [0.3, 0.4) is 0 Å². The molecular formula is C67H80N2O6S2. The van der Waals surface area contributed by atoms with Gasteiger partial charge in [-0.2, -0.15) is 23.5 Å². The average molecular weight is 1070 g/mol. The number of carbonyl (C=O) groups is 2. The highest BCUT2D eigenvalue weighted by molar-refractivity contribution is 7.99. The van der Waals surface area contributed by atoms with Gasteiger partial charge in [-0.3, -0.25) is 19.6 Å². The van der Waals surface area contributed by atoms with Gasteiger partial charge in [0.15, 0.2) is 0 Å². The van der Waals surface area contributed by atoms with E-state index < -0.39 is 5.97 Å². The largest absolute Gasteiger partial charge is 0.481 e. The van der Waals surface area contributed by atoms with Crippen LogP contribution in [0.4, 0.5) is 0 Å². The molecular weight excluding hydrogens is 993 g/mol. The molecule has 0 radical (unpaired) electrons. The minimum absolute atomic E-state index is 0.0303. The van der Waals surface area contributed by atoms with Crippen LogP contribution in [0.2, 0.25) is 0 Å². The van der Waals surface area contributed by atoms with E-state index in [1.165, 1.54) is 57.2 Å². The molecule has 6 aromatic rings. The van der Waals surface area contributed by atoms with E-state index in [0.29, 0.717) is 5.56 Å². The quantitative estimate of drug-likeness (QED) is 0.0716. The number of carbonyl (C=O) groups excluding carboxylic acids is 1. The second-order valence-corrected chi connectivity index (χ2v) is 23.5. The summed E-state index contributed by atoms with van der Waals surface area (Å²) in [6.07, 6.45) is 21.2. The number of aromatic nitrogens is 2. The molecule has 4 aromatic carbocycles. The van der Waals surface area contributed by atoms with Gasteiger partial charge in [-0.25, -0.2) is 0 Å². The molecule has 8 nitrogen and oxygen atoms in total. The molecule has 2 aromatic heterocycles. The summed E-state index contributed by atoms with van der Waals surface area (Å²) in [4.78, 5) is 31.6. The first-order chi connectivity index (χ1) is 37.1. The Morgan fingerprint density at radius 3 is 1.31 bits per heavy atom. The zero-order chi connectivity index (χ0) is 55.3. The lowest BCUT2D eigenvalue weighted by Gasteiger charge is -2.34. The number of benzene rings is 4. The summed E-state index contributed by atoms with van der Waals surface area (Å²) in [6.45, 7) is 17.7. The maximum atomic E-state index is 11.8. The Bertz CT molecular complexity index is 3050. The second kappa shape index (κ2) is 27.2. The molecule has 4 atom stereocenters. The summed E-state index contributed by atoms with van der Waals surface area (Å²) in [7, 11) is 1.41. The van der Waals surface area contributed by atoms with Crippen molar-refractivity contribution >= 4 is 47.6 Å². The summed E-state index contributed by atoms with van der Waals surface area (Å²) in [6, 6.07) is 31.1. The van der Waals surface area contributed by atoms with Crippen LogP contribution in [-0.2, 0) is 38.0 Å². The van der Waals surface area contributed by atoms with Gasteiger partial charge in [-0.15, -0.1) is 0 Å². The zero-order valence-corrected chi connectivity index (χ0v) is 48.4. The van der Waals surface area contributed by atoms with Crippen molar-refractivity contribution in [1.82, 2.24) is 9.97 Å². The molecule has 0 amide bonds. The lowest BCUT2D eigenvalue weighted by Crippen LogP contribution is -2.26. The predicted molar refractivity (Wildman–Crippen MR) is 322 cm³/mol. The highest BCUT2D eigenvalue weighted by Gasteiger charge is 2.33. The number of aliphatic hydroxyl groups is 2. The van der Waals surface area contributed by atoms with Gasteiger partial charge in [0, 0.05) is 70.1 Å². The van der Waals surface area contributed by atoms with Gasteiger partial charge in [0.1, 0.15) is 0 Å². The minimum atomic E-state index is -0.853. The summed E-state index contributed by atoms with van der Waals surface area (Å²) in [5.41, 5.74) is 18.1. The molecule has 4 unspecified atom stereocenters. The molecule has 0 bridgehead atoms. The molecule has 3 N–H and O–H groups in total. The van der Waals surface area contributed by atoms with E-state index in [1.807, 2.05) is 41.9 Å². The Hall–Kier alpha value is -5.78. The number of rotatable bonds is 18. The fourth-order valence-electron chi connectivity index (χ4n) is 11.6. The third-order valence-electron chi connectivity index (χ3n) is 16.5. The second-order valence-electron chi connectivity index (χ2n) is 21.2. The zero-order valence-electron chi connectivity index (χ0n) is 46.8. The molecule has 0 saturated carbocycles. The number of hydrogen-bond acceptors (Lipinski definition) is 9. The van der Waals surface area contributed by atoms with Crippen LogP contribution in [0, 0.1) is 39.5 Å². The van der Waals surface area contributed by atoms with Crippen LogP contribution in [0.15, 0.2) is 122 Å². The first kappa shape index (κ1) is 58.9. The summed E-state index contributed by atoms with van der Waals surface area (Å²) in [5.74, 6) is 3.40. The minimum Gasteiger partial charge on any atom is -0.481 e. The number of aliphatic carboxylic acids is 1. The van der Waals surface area contributed by atoms with Gasteiger partial charge in [-0.1, -0.05) is 125 Å². The van der Waals surface area contributed by atoms with Gasteiger partial charge in [0.2, 0.25) is 0 Å².